The molecule has 0 fully saturated rings. The Hall–Kier alpha value is -4.01. The molecule has 9 heteroatoms. The standard InChI is InChI=1S/C23H24N8O/c1-5-30-15(4)11-18(21-26-28-29-27-21)20(30)17-8-6-16(7-9-17)12-31-22-19(25-23(31)32)13(2)10-14(3)24-22/h6-11H,5,12H2,1-4H3,(H,25,32)(H,26,27,28,29). The van der Waals surface area contributed by atoms with Crippen molar-refractivity contribution in [3.63, 3.8) is 0 Å². The maximum atomic E-state index is 12.6. The first-order valence-corrected chi connectivity index (χ1v) is 10.6. The van der Waals surface area contributed by atoms with Crippen LogP contribution in [0.3, 0.4) is 0 Å². The molecule has 0 atom stereocenters. The van der Waals surface area contributed by atoms with E-state index in [0.29, 0.717) is 18.0 Å². The number of hydrogen-bond acceptors (Lipinski definition) is 5. The molecule has 1 aromatic carbocycles. The van der Waals surface area contributed by atoms with E-state index in [-0.39, 0.29) is 5.69 Å². The van der Waals surface area contributed by atoms with Crippen molar-refractivity contribution in [2.75, 3.05) is 0 Å². The van der Waals surface area contributed by atoms with E-state index in [1.807, 2.05) is 32.0 Å². The van der Waals surface area contributed by atoms with Gasteiger partial charge in [-0.15, -0.1) is 10.2 Å². The van der Waals surface area contributed by atoms with Crippen molar-refractivity contribution in [1.82, 2.24) is 39.7 Å². The average molecular weight is 429 g/mol. The van der Waals surface area contributed by atoms with Crippen molar-refractivity contribution in [2.24, 2.45) is 0 Å². The Morgan fingerprint density at radius 2 is 1.81 bits per heavy atom. The number of rotatable bonds is 5. The van der Waals surface area contributed by atoms with Gasteiger partial charge in [0.1, 0.15) is 0 Å². The molecule has 0 saturated heterocycles. The molecule has 162 valence electrons. The number of H-pyrrole nitrogens is 2. The molecular formula is C23H24N8O. The molecule has 0 unspecified atom stereocenters. The third-order valence-corrected chi connectivity index (χ3v) is 5.83. The summed E-state index contributed by atoms with van der Waals surface area (Å²) in [4.78, 5) is 20.1. The number of benzene rings is 1. The second-order valence-corrected chi connectivity index (χ2v) is 8.02. The summed E-state index contributed by atoms with van der Waals surface area (Å²) < 4.78 is 3.92. The van der Waals surface area contributed by atoms with Gasteiger partial charge in [-0.1, -0.05) is 24.3 Å². The highest BCUT2D eigenvalue weighted by Crippen LogP contribution is 2.33. The van der Waals surface area contributed by atoms with Gasteiger partial charge in [0.2, 0.25) is 5.82 Å². The number of aromatic amines is 2. The predicted molar refractivity (Wildman–Crippen MR) is 122 cm³/mol. The van der Waals surface area contributed by atoms with E-state index in [4.69, 9.17) is 0 Å². The minimum atomic E-state index is -0.153. The van der Waals surface area contributed by atoms with Crippen LogP contribution in [0.5, 0.6) is 0 Å². The van der Waals surface area contributed by atoms with Crippen LogP contribution in [-0.2, 0) is 13.1 Å². The Morgan fingerprint density at radius 3 is 2.50 bits per heavy atom. The number of nitrogens with zero attached hydrogens (tertiary/aromatic N) is 6. The molecule has 9 nitrogen and oxygen atoms in total. The number of nitrogens with one attached hydrogen (secondary N) is 2. The van der Waals surface area contributed by atoms with Crippen molar-refractivity contribution in [3.8, 4) is 22.6 Å². The molecule has 0 saturated carbocycles. The Bertz CT molecular complexity index is 1470. The Labute approximate surface area is 184 Å². The normalized spacial score (nSPS) is 11.5. The van der Waals surface area contributed by atoms with Crippen LogP contribution in [0.4, 0.5) is 0 Å². The first-order valence-electron chi connectivity index (χ1n) is 10.6. The van der Waals surface area contributed by atoms with E-state index in [2.05, 4.69) is 67.2 Å². The maximum Gasteiger partial charge on any atom is 0.327 e. The lowest BCUT2D eigenvalue weighted by Gasteiger charge is -2.11. The zero-order valence-electron chi connectivity index (χ0n) is 18.5. The quantitative estimate of drug-likeness (QED) is 0.446. The molecule has 0 aliphatic rings. The molecule has 0 amide bonds. The molecule has 32 heavy (non-hydrogen) atoms. The molecule has 0 aliphatic carbocycles. The smallest absolute Gasteiger partial charge is 0.327 e. The summed E-state index contributed by atoms with van der Waals surface area (Å²) in [6, 6.07) is 12.3. The fraction of sp³-hybridized carbons (Fsp3) is 0.261. The zero-order chi connectivity index (χ0) is 22.4. The highest BCUT2D eigenvalue weighted by molar-refractivity contribution is 5.79. The van der Waals surface area contributed by atoms with Gasteiger partial charge < -0.3 is 9.55 Å². The van der Waals surface area contributed by atoms with Gasteiger partial charge in [0.25, 0.3) is 0 Å². The van der Waals surface area contributed by atoms with E-state index < -0.39 is 0 Å². The van der Waals surface area contributed by atoms with Crippen LogP contribution in [0, 0.1) is 20.8 Å². The highest BCUT2D eigenvalue weighted by Gasteiger charge is 2.18. The lowest BCUT2D eigenvalue weighted by molar-refractivity contribution is 0.750. The van der Waals surface area contributed by atoms with E-state index in [0.717, 1.165) is 51.4 Å². The van der Waals surface area contributed by atoms with Crippen molar-refractivity contribution < 1.29 is 0 Å². The predicted octanol–water partition coefficient (Wildman–Crippen LogP) is 3.37. The van der Waals surface area contributed by atoms with Crippen LogP contribution in [-0.4, -0.2) is 39.7 Å². The first-order chi connectivity index (χ1) is 15.5. The van der Waals surface area contributed by atoms with Gasteiger partial charge in [0.05, 0.1) is 17.8 Å². The Balaban J connectivity index is 1.54. The van der Waals surface area contributed by atoms with Crippen LogP contribution < -0.4 is 5.69 Å². The topological polar surface area (TPSA) is 110 Å². The van der Waals surface area contributed by atoms with Crippen LogP contribution in [0.1, 0.15) is 29.4 Å². The number of imidazole rings is 1. The highest BCUT2D eigenvalue weighted by atomic mass is 16.1. The summed E-state index contributed by atoms with van der Waals surface area (Å²) in [5.74, 6) is 0.571. The third-order valence-electron chi connectivity index (χ3n) is 5.83. The molecule has 2 N–H and O–H groups in total. The molecular weight excluding hydrogens is 404 g/mol. The van der Waals surface area contributed by atoms with Crippen LogP contribution in [0.25, 0.3) is 33.8 Å². The number of hydrogen-bond donors (Lipinski definition) is 2. The van der Waals surface area contributed by atoms with Crippen molar-refractivity contribution in [3.05, 3.63) is 69.4 Å². The maximum absolute atomic E-state index is 12.6. The molecule has 4 heterocycles. The number of tetrazole rings is 1. The van der Waals surface area contributed by atoms with Gasteiger partial charge in [0.15, 0.2) is 5.65 Å². The monoisotopic (exact) mass is 428 g/mol. The SMILES string of the molecule is CCn1c(C)cc(-c2nn[nH]n2)c1-c1ccc(Cn2c(=O)[nH]c3c(C)cc(C)nc32)cc1. The molecule has 4 aromatic heterocycles. The Morgan fingerprint density at radius 1 is 1.03 bits per heavy atom. The Kier molecular flexibility index (Phi) is 4.73. The molecule has 0 radical (unpaired) electrons. The van der Waals surface area contributed by atoms with Crippen molar-refractivity contribution >= 4 is 11.2 Å². The first kappa shape index (κ1) is 19.9. The third kappa shape index (κ3) is 3.22. The van der Waals surface area contributed by atoms with Crippen molar-refractivity contribution in [2.45, 2.75) is 40.8 Å². The van der Waals surface area contributed by atoms with Crippen molar-refractivity contribution in [1.29, 1.82) is 0 Å². The van der Waals surface area contributed by atoms with Gasteiger partial charge >= 0.3 is 5.69 Å². The van der Waals surface area contributed by atoms with Gasteiger partial charge in [-0.05, 0) is 61.7 Å². The molecule has 5 aromatic rings. The fourth-order valence-electron chi connectivity index (χ4n) is 4.38. The zero-order valence-corrected chi connectivity index (χ0v) is 18.5. The summed E-state index contributed by atoms with van der Waals surface area (Å²) in [5.41, 5.74) is 8.43. The van der Waals surface area contributed by atoms with Gasteiger partial charge in [-0.25, -0.2) is 9.78 Å². The summed E-state index contributed by atoms with van der Waals surface area (Å²) in [5, 5.41) is 14.6. The van der Waals surface area contributed by atoms with E-state index in [1.54, 1.807) is 4.57 Å². The summed E-state index contributed by atoms with van der Waals surface area (Å²) >= 11 is 0. The van der Waals surface area contributed by atoms with E-state index >= 15 is 0 Å². The lowest BCUT2D eigenvalue weighted by atomic mass is 10.0. The molecule has 0 spiro atoms. The second kappa shape index (κ2) is 7.60. The number of aromatic nitrogens is 8. The molecule has 0 bridgehead atoms. The largest absolute Gasteiger partial charge is 0.345 e. The second-order valence-electron chi connectivity index (χ2n) is 8.02. The lowest BCUT2D eigenvalue weighted by Crippen LogP contribution is -2.17. The minimum absolute atomic E-state index is 0.153. The van der Waals surface area contributed by atoms with Gasteiger partial charge in [-0.2, -0.15) is 5.21 Å². The molecule has 5 rings (SSSR count). The number of aryl methyl sites for hydroxylation is 3. The van der Waals surface area contributed by atoms with Crippen LogP contribution in [0.2, 0.25) is 0 Å². The summed E-state index contributed by atoms with van der Waals surface area (Å²) in [6.45, 7) is 9.39. The van der Waals surface area contributed by atoms with Gasteiger partial charge in [0, 0.05) is 23.5 Å². The fourth-order valence-corrected chi connectivity index (χ4v) is 4.38. The van der Waals surface area contributed by atoms with Crippen LogP contribution in [0.15, 0.2) is 41.2 Å². The van der Waals surface area contributed by atoms with E-state index in [1.165, 1.54) is 0 Å². The number of fused-ring (bicyclic) bond motifs is 1. The van der Waals surface area contributed by atoms with E-state index in [9.17, 15) is 4.79 Å². The van der Waals surface area contributed by atoms with Crippen LogP contribution >= 0.6 is 0 Å². The van der Waals surface area contributed by atoms with Gasteiger partial charge in [-0.3, -0.25) is 4.57 Å². The number of pyridine rings is 1. The minimum Gasteiger partial charge on any atom is -0.345 e. The average Bonchev–Trinajstić information content (AvgIpc) is 3.48. The summed E-state index contributed by atoms with van der Waals surface area (Å²) in [6.07, 6.45) is 0. The summed E-state index contributed by atoms with van der Waals surface area (Å²) in [7, 11) is 0. The molecule has 0 aliphatic heterocycles.